The molecule has 19 heavy (non-hydrogen) atoms. The predicted molar refractivity (Wildman–Crippen MR) is 80.0 cm³/mol. The van der Waals surface area contributed by atoms with Crippen LogP contribution in [0.1, 0.15) is 27.0 Å². The van der Waals surface area contributed by atoms with E-state index in [1.807, 2.05) is 50.2 Å². The first-order valence-electron chi connectivity index (χ1n) is 5.98. The van der Waals surface area contributed by atoms with Crippen LogP contribution >= 0.6 is 15.9 Å². The molecular weight excluding hydrogens is 304 g/mol. The van der Waals surface area contributed by atoms with Gasteiger partial charge in [0.25, 0.3) is 0 Å². The second-order valence-corrected chi connectivity index (χ2v) is 5.41. The third-order valence-electron chi connectivity index (χ3n) is 3.04. The number of halogens is 1. The molecule has 0 aliphatic carbocycles. The predicted octanol–water partition coefficient (Wildman–Crippen LogP) is 4.31. The first-order chi connectivity index (χ1) is 9.02. The van der Waals surface area contributed by atoms with Gasteiger partial charge in [-0.05, 0) is 43.7 Å². The second-order valence-electron chi connectivity index (χ2n) is 4.49. The normalized spacial score (nSPS) is 10.3. The van der Waals surface area contributed by atoms with Gasteiger partial charge in [-0.15, -0.1) is 0 Å². The van der Waals surface area contributed by atoms with E-state index >= 15 is 0 Å². The molecule has 98 valence electrons. The Hall–Kier alpha value is -1.61. The molecule has 0 unspecified atom stereocenters. The Morgan fingerprint density at radius 3 is 2.47 bits per heavy atom. The van der Waals surface area contributed by atoms with E-state index in [0.717, 1.165) is 15.6 Å². The lowest BCUT2D eigenvalue weighted by atomic mass is 9.97. The summed E-state index contributed by atoms with van der Waals surface area (Å²) in [5, 5.41) is 0. The number of aryl methyl sites for hydroxylation is 2. The molecule has 0 fully saturated rings. The van der Waals surface area contributed by atoms with Gasteiger partial charge in [0.2, 0.25) is 0 Å². The van der Waals surface area contributed by atoms with Gasteiger partial charge in [0.05, 0.1) is 12.7 Å². The minimum Gasteiger partial charge on any atom is -0.496 e. The summed E-state index contributed by atoms with van der Waals surface area (Å²) >= 11 is 3.40. The Balaban J connectivity index is 2.55. The van der Waals surface area contributed by atoms with Crippen LogP contribution in [0.3, 0.4) is 0 Å². The summed E-state index contributed by atoms with van der Waals surface area (Å²) in [6, 6.07) is 11.3. The smallest absolute Gasteiger partial charge is 0.197 e. The van der Waals surface area contributed by atoms with Crippen molar-refractivity contribution in [1.29, 1.82) is 0 Å². The van der Waals surface area contributed by atoms with E-state index < -0.39 is 0 Å². The van der Waals surface area contributed by atoms with Crippen LogP contribution in [-0.2, 0) is 0 Å². The highest BCUT2D eigenvalue weighted by Gasteiger charge is 2.16. The summed E-state index contributed by atoms with van der Waals surface area (Å²) in [6.07, 6.45) is 0. The number of methoxy groups -OCH3 is 1. The van der Waals surface area contributed by atoms with Gasteiger partial charge in [-0.25, -0.2) is 0 Å². The van der Waals surface area contributed by atoms with Crippen molar-refractivity contribution in [3.8, 4) is 5.75 Å². The van der Waals surface area contributed by atoms with Gasteiger partial charge in [-0.3, -0.25) is 4.79 Å². The molecule has 2 rings (SSSR count). The Morgan fingerprint density at radius 1 is 1.05 bits per heavy atom. The van der Waals surface area contributed by atoms with Crippen LogP contribution in [0.15, 0.2) is 40.9 Å². The van der Waals surface area contributed by atoms with E-state index in [1.165, 1.54) is 0 Å². The molecule has 2 nitrogen and oxygen atoms in total. The quantitative estimate of drug-likeness (QED) is 0.788. The zero-order chi connectivity index (χ0) is 14.0. The van der Waals surface area contributed by atoms with Crippen molar-refractivity contribution in [2.45, 2.75) is 13.8 Å². The lowest BCUT2D eigenvalue weighted by Gasteiger charge is -2.10. The third kappa shape index (κ3) is 2.87. The van der Waals surface area contributed by atoms with Gasteiger partial charge in [0.15, 0.2) is 5.78 Å². The van der Waals surface area contributed by atoms with E-state index in [4.69, 9.17) is 4.74 Å². The molecule has 0 radical (unpaired) electrons. The fourth-order valence-corrected chi connectivity index (χ4v) is 2.34. The molecule has 0 saturated carbocycles. The highest BCUT2D eigenvalue weighted by atomic mass is 79.9. The molecule has 0 spiro atoms. The average Bonchev–Trinajstić information content (AvgIpc) is 2.40. The van der Waals surface area contributed by atoms with Crippen LogP contribution in [0.5, 0.6) is 5.75 Å². The first-order valence-corrected chi connectivity index (χ1v) is 6.77. The zero-order valence-electron chi connectivity index (χ0n) is 11.2. The fraction of sp³-hybridized carbons (Fsp3) is 0.188. The number of rotatable bonds is 3. The molecule has 0 atom stereocenters. The van der Waals surface area contributed by atoms with Gasteiger partial charge in [0.1, 0.15) is 5.75 Å². The molecule has 2 aromatic carbocycles. The summed E-state index contributed by atoms with van der Waals surface area (Å²) in [5.74, 6) is 0.592. The fourth-order valence-electron chi connectivity index (χ4n) is 1.98. The maximum absolute atomic E-state index is 12.7. The number of ether oxygens (including phenoxy) is 1. The van der Waals surface area contributed by atoms with Crippen molar-refractivity contribution in [2.24, 2.45) is 0 Å². The molecule has 0 aromatic heterocycles. The van der Waals surface area contributed by atoms with Crippen LogP contribution in [0.25, 0.3) is 0 Å². The van der Waals surface area contributed by atoms with Gasteiger partial charge in [0, 0.05) is 10.0 Å². The third-order valence-corrected chi connectivity index (χ3v) is 3.54. The summed E-state index contributed by atoms with van der Waals surface area (Å²) in [7, 11) is 1.58. The Bertz CT molecular complexity index is 633. The standard InChI is InChI=1S/C16H15BrO2/c1-10-4-7-15(19-3)14(8-10)16(18)13-9-12(17)6-5-11(13)2/h4-9H,1-3H3. The molecule has 0 amide bonds. The minimum absolute atomic E-state index is 0.0145. The van der Waals surface area contributed by atoms with Gasteiger partial charge in [-0.1, -0.05) is 33.6 Å². The lowest BCUT2D eigenvalue weighted by Crippen LogP contribution is -2.06. The second kappa shape index (κ2) is 5.57. The average molecular weight is 319 g/mol. The van der Waals surface area contributed by atoms with Crippen molar-refractivity contribution < 1.29 is 9.53 Å². The van der Waals surface area contributed by atoms with E-state index in [2.05, 4.69) is 15.9 Å². The maximum Gasteiger partial charge on any atom is 0.197 e. The zero-order valence-corrected chi connectivity index (χ0v) is 12.7. The number of carbonyl (C=O) groups is 1. The van der Waals surface area contributed by atoms with Crippen LogP contribution < -0.4 is 4.74 Å². The monoisotopic (exact) mass is 318 g/mol. The lowest BCUT2D eigenvalue weighted by molar-refractivity contribution is 0.103. The molecule has 0 N–H and O–H groups in total. The van der Waals surface area contributed by atoms with Crippen molar-refractivity contribution in [3.63, 3.8) is 0 Å². The van der Waals surface area contributed by atoms with E-state index in [0.29, 0.717) is 16.9 Å². The van der Waals surface area contributed by atoms with Crippen molar-refractivity contribution in [2.75, 3.05) is 7.11 Å². The summed E-state index contributed by atoms with van der Waals surface area (Å²) in [6.45, 7) is 3.89. The number of hydrogen-bond donors (Lipinski definition) is 0. The Morgan fingerprint density at radius 2 is 1.79 bits per heavy atom. The molecule has 3 heteroatoms. The first kappa shape index (κ1) is 13.8. The Labute approximate surface area is 121 Å². The van der Waals surface area contributed by atoms with Crippen LogP contribution in [0.4, 0.5) is 0 Å². The summed E-state index contributed by atoms with van der Waals surface area (Å²) < 4.78 is 6.18. The number of ketones is 1. The van der Waals surface area contributed by atoms with Crippen LogP contribution in [0.2, 0.25) is 0 Å². The highest BCUT2D eigenvalue weighted by Crippen LogP contribution is 2.25. The van der Waals surface area contributed by atoms with Crippen molar-refractivity contribution >= 4 is 21.7 Å². The summed E-state index contributed by atoms with van der Waals surface area (Å²) in [5.41, 5.74) is 3.29. The van der Waals surface area contributed by atoms with Crippen LogP contribution in [0, 0.1) is 13.8 Å². The summed E-state index contributed by atoms with van der Waals surface area (Å²) in [4.78, 5) is 12.7. The van der Waals surface area contributed by atoms with E-state index in [-0.39, 0.29) is 5.78 Å². The molecule has 0 aliphatic heterocycles. The van der Waals surface area contributed by atoms with Crippen molar-refractivity contribution in [1.82, 2.24) is 0 Å². The topological polar surface area (TPSA) is 26.3 Å². The van der Waals surface area contributed by atoms with E-state index in [1.54, 1.807) is 7.11 Å². The molecule has 0 bridgehead atoms. The van der Waals surface area contributed by atoms with Gasteiger partial charge < -0.3 is 4.74 Å². The molecule has 2 aromatic rings. The highest BCUT2D eigenvalue weighted by molar-refractivity contribution is 9.10. The number of hydrogen-bond acceptors (Lipinski definition) is 2. The van der Waals surface area contributed by atoms with Gasteiger partial charge in [-0.2, -0.15) is 0 Å². The maximum atomic E-state index is 12.7. The van der Waals surface area contributed by atoms with Crippen molar-refractivity contribution in [3.05, 3.63) is 63.1 Å². The number of benzene rings is 2. The molecular formula is C16H15BrO2. The van der Waals surface area contributed by atoms with E-state index in [9.17, 15) is 4.79 Å². The largest absolute Gasteiger partial charge is 0.496 e. The minimum atomic E-state index is -0.0145. The van der Waals surface area contributed by atoms with Crippen LogP contribution in [-0.4, -0.2) is 12.9 Å². The molecule has 0 heterocycles. The number of carbonyl (C=O) groups excluding carboxylic acids is 1. The Kier molecular flexibility index (Phi) is 4.05. The van der Waals surface area contributed by atoms with Gasteiger partial charge >= 0.3 is 0 Å². The molecule has 0 saturated heterocycles. The molecule has 0 aliphatic rings. The SMILES string of the molecule is COc1ccc(C)cc1C(=O)c1cc(Br)ccc1C.